The van der Waals surface area contributed by atoms with Crippen LogP contribution in [-0.4, -0.2) is 24.0 Å². The van der Waals surface area contributed by atoms with Gasteiger partial charge in [-0.05, 0) is 37.3 Å². The molecule has 0 aliphatic carbocycles. The Bertz CT molecular complexity index is 1140. The summed E-state index contributed by atoms with van der Waals surface area (Å²) in [6.07, 6.45) is 0. The Labute approximate surface area is 168 Å². The maximum Gasteiger partial charge on any atom is 0.229 e. The van der Waals surface area contributed by atoms with Gasteiger partial charge in [0, 0.05) is 5.56 Å². The van der Waals surface area contributed by atoms with Crippen LogP contribution in [0.4, 0.5) is 0 Å². The van der Waals surface area contributed by atoms with Crippen LogP contribution in [0.15, 0.2) is 60.0 Å². The molecule has 1 atom stereocenters. The Kier molecular flexibility index (Phi) is 4.61. The number of nitrogens with zero attached hydrogens (tertiary/aromatic N) is 3. The molecule has 0 unspecified atom stereocenters. The summed E-state index contributed by atoms with van der Waals surface area (Å²) in [6, 6.07) is 17.3. The van der Waals surface area contributed by atoms with Gasteiger partial charge in [-0.2, -0.15) is 10.4 Å². The summed E-state index contributed by atoms with van der Waals surface area (Å²) in [5.74, 6) is 1.31. The van der Waals surface area contributed by atoms with Crippen molar-refractivity contribution in [3.63, 3.8) is 0 Å². The van der Waals surface area contributed by atoms with Crippen LogP contribution in [0.1, 0.15) is 22.7 Å². The molecule has 0 saturated carbocycles. The zero-order chi connectivity index (χ0) is 20.5. The molecule has 0 radical (unpaired) electrons. The lowest BCUT2D eigenvalue weighted by molar-refractivity contribution is 0.363. The number of para-hydroxylation sites is 1. The van der Waals surface area contributed by atoms with Crippen molar-refractivity contribution in [2.24, 2.45) is 5.73 Å². The minimum atomic E-state index is -0.494. The summed E-state index contributed by atoms with van der Waals surface area (Å²) in [5, 5.41) is 14.5. The van der Waals surface area contributed by atoms with E-state index in [0.29, 0.717) is 23.0 Å². The number of aryl methyl sites for hydroxylation is 1. The van der Waals surface area contributed by atoms with E-state index in [1.165, 1.54) is 0 Å². The molecule has 1 aliphatic rings. The van der Waals surface area contributed by atoms with Crippen molar-refractivity contribution in [1.82, 2.24) is 9.78 Å². The zero-order valence-electron chi connectivity index (χ0n) is 16.3. The molecule has 146 valence electrons. The number of nitriles is 1. The van der Waals surface area contributed by atoms with Crippen molar-refractivity contribution in [3.05, 3.63) is 76.8 Å². The van der Waals surface area contributed by atoms with Gasteiger partial charge in [-0.25, -0.2) is 4.68 Å². The molecule has 29 heavy (non-hydrogen) atoms. The van der Waals surface area contributed by atoms with Gasteiger partial charge in [0.25, 0.3) is 0 Å². The molecule has 2 N–H and O–H groups in total. The number of aromatic nitrogens is 2. The lowest BCUT2D eigenvalue weighted by Gasteiger charge is -2.26. The smallest absolute Gasteiger partial charge is 0.229 e. The topological polar surface area (TPSA) is 95.3 Å². The van der Waals surface area contributed by atoms with E-state index in [9.17, 15) is 5.26 Å². The van der Waals surface area contributed by atoms with E-state index in [1.54, 1.807) is 18.9 Å². The Hall–Kier alpha value is -3.92. The minimum Gasteiger partial charge on any atom is -0.497 e. The molecule has 7 nitrogen and oxygen atoms in total. The van der Waals surface area contributed by atoms with Crippen molar-refractivity contribution >= 4 is 0 Å². The van der Waals surface area contributed by atoms with Crippen molar-refractivity contribution in [1.29, 1.82) is 5.26 Å². The minimum absolute atomic E-state index is 0.0481. The van der Waals surface area contributed by atoms with Gasteiger partial charge >= 0.3 is 0 Å². The summed E-state index contributed by atoms with van der Waals surface area (Å²) >= 11 is 0. The maximum atomic E-state index is 9.86. The average Bonchev–Trinajstić information content (AvgIpc) is 3.08. The second-order valence-electron chi connectivity index (χ2n) is 6.58. The fraction of sp³-hybridized carbons (Fsp3) is 0.182. The lowest BCUT2D eigenvalue weighted by Crippen LogP contribution is -2.22. The molecule has 2 heterocycles. The average molecular weight is 388 g/mol. The fourth-order valence-electron chi connectivity index (χ4n) is 3.63. The van der Waals surface area contributed by atoms with Crippen molar-refractivity contribution < 1.29 is 14.2 Å². The summed E-state index contributed by atoms with van der Waals surface area (Å²) in [6.45, 7) is 1.89. The van der Waals surface area contributed by atoms with Crippen molar-refractivity contribution in [2.75, 3.05) is 14.2 Å². The van der Waals surface area contributed by atoms with E-state index < -0.39 is 5.92 Å². The Morgan fingerprint density at radius 3 is 2.55 bits per heavy atom. The lowest BCUT2D eigenvalue weighted by atomic mass is 9.83. The van der Waals surface area contributed by atoms with E-state index in [4.69, 9.17) is 19.9 Å². The third-order valence-corrected chi connectivity index (χ3v) is 4.98. The summed E-state index contributed by atoms with van der Waals surface area (Å²) in [5.41, 5.74) is 9.57. The predicted octanol–water partition coefficient (Wildman–Crippen LogP) is 3.42. The maximum absolute atomic E-state index is 9.86. The monoisotopic (exact) mass is 388 g/mol. The van der Waals surface area contributed by atoms with E-state index in [0.717, 1.165) is 22.5 Å². The third-order valence-electron chi connectivity index (χ3n) is 4.98. The van der Waals surface area contributed by atoms with Crippen LogP contribution in [0.25, 0.3) is 5.69 Å². The summed E-state index contributed by atoms with van der Waals surface area (Å²) in [4.78, 5) is 0. The third kappa shape index (κ3) is 2.95. The number of benzene rings is 2. The first-order valence-electron chi connectivity index (χ1n) is 9.03. The highest BCUT2D eigenvalue weighted by Crippen LogP contribution is 2.47. The van der Waals surface area contributed by atoms with Gasteiger partial charge in [0.15, 0.2) is 0 Å². The molecule has 7 heteroatoms. The van der Waals surface area contributed by atoms with Gasteiger partial charge in [-0.1, -0.05) is 18.2 Å². The second-order valence-corrected chi connectivity index (χ2v) is 6.58. The predicted molar refractivity (Wildman–Crippen MR) is 107 cm³/mol. The number of methoxy groups -OCH3 is 2. The number of ether oxygens (including phenoxy) is 3. The molecule has 0 amide bonds. The number of allylic oxidation sites excluding steroid dienone is 1. The molecule has 0 spiro atoms. The zero-order valence-corrected chi connectivity index (χ0v) is 16.3. The number of hydrogen-bond acceptors (Lipinski definition) is 6. The quantitative estimate of drug-likeness (QED) is 0.736. The highest BCUT2D eigenvalue weighted by atomic mass is 16.5. The standard InChI is InChI=1S/C22H20N4O3/c1-13-19-20(16-11-15(27-2)9-10-18(16)28-3)17(12-23)21(24)29-22(19)26(25-13)14-7-5-4-6-8-14/h4-11,20H,24H2,1-3H3/t20-/m1/s1. The normalized spacial score (nSPS) is 15.3. The van der Waals surface area contributed by atoms with Crippen LogP contribution in [0.5, 0.6) is 17.4 Å². The van der Waals surface area contributed by atoms with Gasteiger partial charge in [0.2, 0.25) is 11.8 Å². The van der Waals surface area contributed by atoms with E-state index in [2.05, 4.69) is 11.2 Å². The Balaban J connectivity index is 2.00. The Morgan fingerprint density at radius 1 is 1.14 bits per heavy atom. The second kappa shape index (κ2) is 7.24. The molecule has 2 aromatic carbocycles. The molecule has 4 rings (SSSR count). The van der Waals surface area contributed by atoms with Crippen LogP contribution < -0.4 is 19.9 Å². The molecule has 3 aromatic rings. The van der Waals surface area contributed by atoms with E-state index in [-0.39, 0.29) is 5.88 Å². The van der Waals surface area contributed by atoms with Crippen LogP contribution in [-0.2, 0) is 0 Å². The molecule has 0 fully saturated rings. The molecule has 1 aromatic heterocycles. The number of nitrogens with two attached hydrogens (primary N) is 1. The van der Waals surface area contributed by atoms with Gasteiger partial charge in [-0.3, -0.25) is 0 Å². The number of rotatable bonds is 4. The van der Waals surface area contributed by atoms with Gasteiger partial charge in [-0.15, -0.1) is 0 Å². The molecular weight excluding hydrogens is 368 g/mol. The van der Waals surface area contributed by atoms with E-state index in [1.807, 2.05) is 55.5 Å². The highest BCUT2D eigenvalue weighted by molar-refractivity contribution is 5.60. The molecule has 0 bridgehead atoms. The Morgan fingerprint density at radius 2 is 1.90 bits per heavy atom. The molecular formula is C22H20N4O3. The van der Waals surface area contributed by atoms with Gasteiger partial charge < -0.3 is 19.9 Å². The number of fused-ring (bicyclic) bond motifs is 1. The van der Waals surface area contributed by atoms with Crippen molar-refractivity contribution in [2.45, 2.75) is 12.8 Å². The van der Waals surface area contributed by atoms with Crippen LogP contribution in [0, 0.1) is 18.3 Å². The first kappa shape index (κ1) is 18.4. The highest BCUT2D eigenvalue weighted by Gasteiger charge is 2.37. The summed E-state index contributed by atoms with van der Waals surface area (Å²) < 4.78 is 18.6. The molecule has 1 aliphatic heterocycles. The van der Waals surface area contributed by atoms with Crippen LogP contribution in [0.2, 0.25) is 0 Å². The number of hydrogen-bond donors (Lipinski definition) is 1. The van der Waals surface area contributed by atoms with Crippen molar-refractivity contribution in [3.8, 4) is 29.1 Å². The fourth-order valence-corrected chi connectivity index (χ4v) is 3.63. The van der Waals surface area contributed by atoms with E-state index >= 15 is 0 Å². The first-order valence-corrected chi connectivity index (χ1v) is 9.03. The van der Waals surface area contributed by atoms with Gasteiger partial charge in [0.05, 0.1) is 37.1 Å². The largest absolute Gasteiger partial charge is 0.497 e. The SMILES string of the molecule is COc1ccc(OC)c([C@@H]2C(C#N)=C(N)Oc3c2c(C)nn3-c2ccccc2)c1. The van der Waals surface area contributed by atoms with Gasteiger partial charge in [0.1, 0.15) is 23.1 Å². The summed E-state index contributed by atoms with van der Waals surface area (Å²) in [7, 11) is 3.18. The van der Waals surface area contributed by atoms with Crippen LogP contribution >= 0.6 is 0 Å². The van der Waals surface area contributed by atoms with Crippen LogP contribution in [0.3, 0.4) is 0 Å². The first-order chi connectivity index (χ1) is 14.1. The molecule has 0 saturated heterocycles.